The Balaban J connectivity index is 2.42. The fourth-order valence-corrected chi connectivity index (χ4v) is 2.24. The molecule has 15 heavy (non-hydrogen) atoms. The molecule has 3 nitrogen and oxygen atoms in total. The van der Waals surface area contributed by atoms with Gasteiger partial charge in [-0.25, -0.2) is 0 Å². The van der Waals surface area contributed by atoms with Crippen LogP contribution in [-0.2, 0) is 0 Å². The van der Waals surface area contributed by atoms with Crippen LogP contribution in [0.3, 0.4) is 0 Å². The van der Waals surface area contributed by atoms with E-state index in [9.17, 15) is 0 Å². The van der Waals surface area contributed by atoms with Gasteiger partial charge in [-0.1, -0.05) is 24.3 Å². The number of pyridine rings is 1. The average Bonchev–Trinajstić information content (AvgIpc) is 2.85. The predicted molar refractivity (Wildman–Crippen MR) is 59.2 cm³/mol. The number of rotatable bonds is 0. The van der Waals surface area contributed by atoms with E-state index in [1.165, 1.54) is 10.8 Å². The molecule has 3 heteroatoms. The van der Waals surface area contributed by atoms with Crippen LogP contribution >= 0.6 is 0 Å². The summed E-state index contributed by atoms with van der Waals surface area (Å²) in [7, 11) is 0. The van der Waals surface area contributed by atoms with Gasteiger partial charge >= 0.3 is 0 Å². The zero-order valence-electron chi connectivity index (χ0n) is 7.86. The van der Waals surface area contributed by atoms with E-state index in [0.29, 0.717) is 0 Å². The highest BCUT2D eigenvalue weighted by Crippen LogP contribution is 2.34. The van der Waals surface area contributed by atoms with Crippen molar-refractivity contribution in [2.24, 2.45) is 0 Å². The number of aromatic nitrogens is 3. The number of nitrogens with zero attached hydrogens (tertiary/aromatic N) is 2. The van der Waals surface area contributed by atoms with Gasteiger partial charge in [0.1, 0.15) is 0 Å². The molecule has 3 heterocycles. The van der Waals surface area contributed by atoms with Gasteiger partial charge in [-0.2, -0.15) is 10.2 Å². The molecule has 4 rings (SSSR count). The SMILES string of the molecule is c1ccc2c3[nH]c(cc4nncc3-4)c2c1. The first-order valence-electron chi connectivity index (χ1n) is 4.88. The highest BCUT2D eigenvalue weighted by Gasteiger charge is 2.14. The maximum absolute atomic E-state index is 4.09. The fraction of sp³-hybridized carbons (Fsp3) is 0. The van der Waals surface area contributed by atoms with Crippen LogP contribution in [0.5, 0.6) is 0 Å². The smallest absolute Gasteiger partial charge is 0.0987 e. The average molecular weight is 193 g/mol. The predicted octanol–water partition coefficient (Wildman–Crippen LogP) is 2.65. The third-order valence-electron chi connectivity index (χ3n) is 2.92. The van der Waals surface area contributed by atoms with E-state index in [2.05, 4.69) is 45.5 Å². The van der Waals surface area contributed by atoms with Crippen LogP contribution in [0.4, 0.5) is 0 Å². The quantitative estimate of drug-likeness (QED) is 0.466. The molecule has 0 radical (unpaired) electrons. The Bertz CT molecular complexity index is 726. The van der Waals surface area contributed by atoms with Crippen LogP contribution < -0.4 is 0 Å². The first-order chi connectivity index (χ1) is 7.43. The molecule has 0 saturated heterocycles. The van der Waals surface area contributed by atoms with Gasteiger partial charge in [-0.3, -0.25) is 0 Å². The Morgan fingerprint density at radius 3 is 2.87 bits per heavy atom. The summed E-state index contributed by atoms with van der Waals surface area (Å²) in [6.07, 6.45) is 1.81. The van der Waals surface area contributed by atoms with Crippen molar-refractivity contribution in [2.45, 2.75) is 0 Å². The molecule has 0 fully saturated rings. The lowest BCUT2D eigenvalue weighted by atomic mass is 10.1. The number of fused-ring (bicyclic) bond motifs is 7. The summed E-state index contributed by atoms with van der Waals surface area (Å²) < 4.78 is 0. The van der Waals surface area contributed by atoms with Gasteiger partial charge in [0.2, 0.25) is 0 Å². The molecule has 2 bridgehead atoms. The molecular formula is C12H7N3. The molecule has 0 atom stereocenters. The number of hydrogen-bond donors (Lipinski definition) is 1. The molecule has 0 saturated carbocycles. The summed E-state index contributed by atoms with van der Waals surface area (Å²) in [5, 5.41) is 10.5. The number of aromatic amines is 1. The minimum absolute atomic E-state index is 0.968. The van der Waals surface area contributed by atoms with Crippen molar-refractivity contribution in [1.82, 2.24) is 15.2 Å². The monoisotopic (exact) mass is 193 g/mol. The number of H-pyrrole nitrogens is 1. The van der Waals surface area contributed by atoms with E-state index in [4.69, 9.17) is 0 Å². The van der Waals surface area contributed by atoms with Gasteiger partial charge in [0.15, 0.2) is 0 Å². The van der Waals surface area contributed by atoms with Crippen molar-refractivity contribution in [1.29, 1.82) is 0 Å². The molecule has 2 aromatic rings. The summed E-state index contributed by atoms with van der Waals surface area (Å²) in [5.41, 5.74) is 4.34. The standard InChI is InChI=1S/C12H7N3/c1-2-4-8-7(3-1)10-5-11-9(6-13-15-11)12(8)14-10/h1-6,14H. The molecule has 2 aliphatic rings. The summed E-state index contributed by atoms with van der Waals surface area (Å²) in [4.78, 5) is 3.40. The summed E-state index contributed by atoms with van der Waals surface area (Å²) in [6, 6.07) is 10.4. The van der Waals surface area contributed by atoms with Crippen LogP contribution in [0.2, 0.25) is 0 Å². The van der Waals surface area contributed by atoms with E-state index in [-0.39, 0.29) is 0 Å². The van der Waals surface area contributed by atoms with Crippen molar-refractivity contribution < 1.29 is 0 Å². The van der Waals surface area contributed by atoms with E-state index < -0.39 is 0 Å². The minimum atomic E-state index is 0.968. The van der Waals surface area contributed by atoms with Crippen LogP contribution in [0.1, 0.15) is 0 Å². The number of nitrogens with one attached hydrogen (secondary N) is 1. The second-order valence-corrected chi connectivity index (χ2v) is 3.75. The summed E-state index contributed by atoms with van der Waals surface area (Å²) >= 11 is 0. The number of benzene rings is 1. The highest BCUT2D eigenvalue weighted by molar-refractivity contribution is 6.13. The van der Waals surface area contributed by atoms with Crippen molar-refractivity contribution in [3.8, 4) is 11.3 Å². The number of hydrogen-bond acceptors (Lipinski definition) is 2. The van der Waals surface area contributed by atoms with Gasteiger partial charge in [0, 0.05) is 21.9 Å². The molecule has 0 aliphatic carbocycles. The van der Waals surface area contributed by atoms with E-state index in [0.717, 1.165) is 22.3 Å². The zero-order valence-corrected chi connectivity index (χ0v) is 7.86. The van der Waals surface area contributed by atoms with Gasteiger partial charge in [-0.05, 0) is 6.07 Å². The molecule has 0 unspecified atom stereocenters. The van der Waals surface area contributed by atoms with Crippen molar-refractivity contribution in [3.63, 3.8) is 0 Å². The Morgan fingerprint density at radius 1 is 1.07 bits per heavy atom. The molecule has 70 valence electrons. The molecule has 0 spiro atoms. The molecule has 1 aromatic carbocycles. The van der Waals surface area contributed by atoms with Crippen LogP contribution in [0.25, 0.3) is 33.1 Å². The van der Waals surface area contributed by atoms with Crippen molar-refractivity contribution in [2.75, 3.05) is 0 Å². The lowest BCUT2D eigenvalue weighted by molar-refractivity contribution is 1.10. The minimum Gasteiger partial charge on any atom is -0.354 e. The van der Waals surface area contributed by atoms with Crippen molar-refractivity contribution >= 4 is 21.8 Å². The summed E-state index contributed by atoms with van der Waals surface area (Å²) in [5.74, 6) is 0. The van der Waals surface area contributed by atoms with Crippen LogP contribution in [0, 0.1) is 0 Å². The molecule has 1 N–H and O–H groups in total. The maximum Gasteiger partial charge on any atom is 0.0987 e. The Hall–Kier alpha value is -2.16. The Kier molecular flexibility index (Phi) is 1.08. The first kappa shape index (κ1) is 7.17. The third-order valence-corrected chi connectivity index (χ3v) is 2.92. The maximum atomic E-state index is 4.09. The lowest BCUT2D eigenvalue weighted by Gasteiger charge is -1.94. The van der Waals surface area contributed by atoms with E-state index in [1.807, 2.05) is 6.20 Å². The topological polar surface area (TPSA) is 41.6 Å². The summed E-state index contributed by atoms with van der Waals surface area (Å²) in [6.45, 7) is 0. The van der Waals surface area contributed by atoms with Gasteiger partial charge < -0.3 is 4.98 Å². The highest BCUT2D eigenvalue weighted by atomic mass is 15.1. The molecule has 0 amide bonds. The second-order valence-electron chi connectivity index (χ2n) is 3.75. The second kappa shape index (κ2) is 2.25. The van der Waals surface area contributed by atoms with Crippen molar-refractivity contribution in [3.05, 3.63) is 36.5 Å². The first-order valence-corrected chi connectivity index (χ1v) is 4.88. The van der Waals surface area contributed by atoms with Gasteiger partial charge in [0.05, 0.1) is 17.4 Å². The normalized spacial score (nSPS) is 12.0. The van der Waals surface area contributed by atoms with Gasteiger partial charge in [-0.15, -0.1) is 0 Å². The van der Waals surface area contributed by atoms with Crippen LogP contribution in [-0.4, -0.2) is 15.2 Å². The third kappa shape index (κ3) is 0.760. The zero-order chi connectivity index (χ0) is 9.83. The Labute approximate surface area is 85.4 Å². The fourth-order valence-electron chi connectivity index (χ4n) is 2.24. The van der Waals surface area contributed by atoms with E-state index in [1.54, 1.807) is 0 Å². The molecular weight excluding hydrogens is 186 g/mol. The van der Waals surface area contributed by atoms with Gasteiger partial charge in [0.25, 0.3) is 0 Å². The van der Waals surface area contributed by atoms with Crippen LogP contribution in [0.15, 0.2) is 36.5 Å². The Morgan fingerprint density at radius 2 is 1.93 bits per heavy atom. The largest absolute Gasteiger partial charge is 0.354 e. The van der Waals surface area contributed by atoms with E-state index >= 15 is 0 Å². The molecule has 2 aliphatic heterocycles. The lowest BCUT2D eigenvalue weighted by Crippen LogP contribution is -1.78. The molecule has 1 aromatic heterocycles.